The van der Waals surface area contributed by atoms with Gasteiger partial charge in [0.2, 0.25) is 0 Å². The molecule has 1 atom stereocenters. The fourth-order valence-electron chi connectivity index (χ4n) is 0.728. The molecule has 0 heterocycles. The predicted molar refractivity (Wildman–Crippen MR) is 35.1 cm³/mol. The maximum absolute atomic E-state index is 12.3. The van der Waals surface area contributed by atoms with Gasteiger partial charge in [0.05, 0.1) is 6.17 Å². The second-order valence-corrected chi connectivity index (χ2v) is 2.51. The maximum Gasteiger partial charge on any atom is 0.389 e. The highest BCUT2D eigenvalue weighted by atomic mass is 19.4. The SMILES string of the molecule is CC[C@H](F)CCCC(F)(F)F. The van der Waals surface area contributed by atoms with Crippen molar-refractivity contribution in [3.63, 3.8) is 0 Å². The van der Waals surface area contributed by atoms with Crippen molar-refractivity contribution in [3.8, 4) is 0 Å². The Labute approximate surface area is 63.6 Å². The van der Waals surface area contributed by atoms with Gasteiger partial charge in [-0.3, -0.25) is 0 Å². The number of halogens is 4. The second kappa shape index (κ2) is 4.57. The topological polar surface area (TPSA) is 0 Å². The lowest BCUT2D eigenvalue weighted by atomic mass is 10.1. The Morgan fingerprint density at radius 3 is 2.18 bits per heavy atom. The van der Waals surface area contributed by atoms with Gasteiger partial charge in [0.15, 0.2) is 0 Å². The van der Waals surface area contributed by atoms with Crippen LogP contribution in [0, 0.1) is 0 Å². The third-order valence-electron chi connectivity index (χ3n) is 1.42. The molecule has 0 aliphatic carbocycles. The van der Waals surface area contributed by atoms with Crippen molar-refractivity contribution < 1.29 is 17.6 Å². The molecule has 0 spiro atoms. The van der Waals surface area contributed by atoms with Crippen LogP contribution in [0.25, 0.3) is 0 Å². The van der Waals surface area contributed by atoms with Crippen molar-refractivity contribution in [3.05, 3.63) is 0 Å². The minimum atomic E-state index is -4.13. The summed E-state index contributed by atoms with van der Waals surface area (Å²) in [4.78, 5) is 0. The van der Waals surface area contributed by atoms with Crippen LogP contribution < -0.4 is 0 Å². The average molecular weight is 172 g/mol. The third-order valence-corrected chi connectivity index (χ3v) is 1.42. The van der Waals surface area contributed by atoms with Crippen molar-refractivity contribution >= 4 is 0 Å². The Bertz CT molecular complexity index is 97.1. The summed E-state index contributed by atoms with van der Waals surface area (Å²) in [5.41, 5.74) is 0. The van der Waals surface area contributed by atoms with E-state index in [1.54, 1.807) is 6.92 Å². The molecule has 4 heteroatoms. The summed E-state index contributed by atoms with van der Waals surface area (Å²) in [7, 11) is 0. The van der Waals surface area contributed by atoms with Gasteiger partial charge in [-0.25, -0.2) is 4.39 Å². The Morgan fingerprint density at radius 1 is 1.27 bits per heavy atom. The van der Waals surface area contributed by atoms with Gasteiger partial charge in [-0.05, 0) is 19.3 Å². The molecule has 0 N–H and O–H groups in total. The zero-order valence-electron chi connectivity index (χ0n) is 6.42. The maximum atomic E-state index is 12.3. The van der Waals surface area contributed by atoms with Gasteiger partial charge in [-0.15, -0.1) is 0 Å². The first-order valence-corrected chi connectivity index (χ1v) is 3.66. The fourth-order valence-corrected chi connectivity index (χ4v) is 0.728. The van der Waals surface area contributed by atoms with Crippen LogP contribution in [0.1, 0.15) is 32.6 Å². The van der Waals surface area contributed by atoms with Gasteiger partial charge < -0.3 is 0 Å². The third kappa shape index (κ3) is 7.62. The highest BCUT2D eigenvalue weighted by molar-refractivity contribution is 4.56. The standard InChI is InChI=1S/C7H12F4/c1-2-6(8)4-3-5-7(9,10)11/h6H,2-5H2,1H3/t6-/m0/s1. The number of hydrogen-bond acceptors (Lipinski definition) is 0. The van der Waals surface area contributed by atoms with Gasteiger partial charge in [0.25, 0.3) is 0 Å². The van der Waals surface area contributed by atoms with Gasteiger partial charge >= 0.3 is 6.18 Å². The molecule has 0 aromatic rings. The largest absolute Gasteiger partial charge is 0.389 e. The van der Waals surface area contributed by atoms with Crippen molar-refractivity contribution in [2.75, 3.05) is 0 Å². The molecule has 0 nitrogen and oxygen atoms in total. The first-order valence-electron chi connectivity index (χ1n) is 3.66. The van der Waals surface area contributed by atoms with Gasteiger partial charge in [-0.2, -0.15) is 13.2 Å². The quantitative estimate of drug-likeness (QED) is 0.569. The minimum absolute atomic E-state index is 0.0238. The molecule has 68 valence electrons. The van der Waals surface area contributed by atoms with Crippen molar-refractivity contribution in [1.82, 2.24) is 0 Å². The van der Waals surface area contributed by atoms with Crippen molar-refractivity contribution in [2.45, 2.75) is 45.0 Å². The van der Waals surface area contributed by atoms with E-state index in [2.05, 4.69) is 0 Å². The summed E-state index contributed by atoms with van der Waals surface area (Å²) in [6.45, 7) is 1.62. The lowest BCUT2D eigenvalue weighted by molar-refractivity contribution is -0.136. The van der Waals surface area contributed by atoms with E-state index < -0.39 is 18.8 Å². The fraction of sp³-hybridized carbons (Fsp3) is 1.00. The molecule has 11 heavy (non-hydrogen) atoms. The van der Waals surface area contributed by atoms with Gasteiger partial charge in [0, 0.05) is 6.42 Å². The summed E-state index contributed by atoms with van der Waals surface area (Å²) in [6, 6.07) is 0. The van der Waals surface area contributed by atoms with Crippen LogP contribution in [0.2, 0.25) is 0 Å². The van der Waals surface area contributed by atoms with E-state index in [9.17, 15) is 17.6 Å². The first kappa shape index (κ1) is 10.7. The zero-order chi connectivity index (χ0) is 8.91. The smallest absolute Gasteiger partial charge is 0.248 e. The van der Waals surface area contributed by atoms with E-state index in [0.717, 1.165) is 0 Å². The monoisotopic (exact) mass is 172 g/mol. The minimum Gasteiger partial charge on any atom is -0.248 e. The summed E-state index contributed by atoms with van der Waals surface area (Å²) in [6.07, 6.45) is -5.84. The van der Waals surface area contributed by atoms with Crippen LogP contribution in [0.5, 0.6) is 0 Å². The Hall–Kier alpha value is -0.280. The summed E-state index contributed by atoms with van der Waals surface area (Å²) in [5, 5.41) is 0. The highest BCUT2D eigenvalue weighted by Crippen LogP contribution is 2.23. The Kier molecular flexibility index (Phi) is 4.45. The lowest BCUT2D eigenvalue weighted by Crippen LogP contribution is -2.08. The van der Waals surface area contributed by atoms with Crippen LogP contribution in [-0.2, 0) is 0 Å². The zero-order valence-corrected chi connectivity index (χ0v) is 6.42. The van der Waals surface area contributed by atoms with E-state index >= 15 is 0 Å². The van der Waals surface area contributed by atoms with E-state index in [4.69, 9.17) is 0 Å². The molecule has 0 saturated carbocycles. The van der Waals surface area contributed by atoms with Crippen molar-refractivity contribution in [1.29, 1.82) is 0 Å². The molecule has 0 rings (SSSR count). The van der Waals surface area contributed by atoms with Crippen LogP contribution in [0.15, 0.2) is 0 Å². The van der Waals surface area contributed by atoms with Crippen LogP contribution in [0.3, 0.4) is 0 Å². The summed E-state index contributed by atoms with van der Waals surface area (Å²) < 4.78 is 46.8. The molecular formula is C7H12F4. The molecule has 0 aliphatic rings. The number of hydrogen-bond donors (Lipinski definition) is 0. The molecule has 0 unspecified atom stereocenters. The summed E-state index contributed by atoms with van der Waals surface area (Å²) in [5.74, 6) is 0. The summed E-state index contributed by atoms with van der Waals surface area (Å²) >= 11 is 0. The highest BCUT2D eigenvalue weighted by Gasteiger charge is 2.26. The van der Waals surface area contributed by atoms with E-state index in [1.807, 2.05) is 0 Å². The average Bonchev–Trinajstić information content (AvgIpc) is 1.85. The molecule has 0 aromatic carbocycles. The normalized spacial score (nSPS) is 15.0. The first-order chi connectivity index (χ1) is 4.95. The molecule has 0 fully saturated rings. The molecule has 0 bridgehead atoms. The van der Waals surface area contributed by atoms with Crippen molar-refractivity contribution in [2.24, 2.45) is 0 Å². The number of alkyl halides is 4. The lowest BCUT2D eigenvalue weighted by Gasteiger charge is -2.07. The molecule has 0 radical (unpaired) electrons. The van der Waals surface area contributed by atoms with Gasteiger partial charge in [0.1, 0.15) is 0 Å². The van der Waals surface area contributed by atoms with Crippen LogP contribution >= 0.6 is 0 Å². The number of rotatable bonds is 4. The van der Waals surface area contributed by atoms with E-state index in [0.29, 0.717) is 6.42 Å². The Morgan fingerprint density at radius 2 is 1.82 bits per heavy atom. The van der Waals surface area contributed by atoms with Gasteiger partial charge in [-0.1, -0.05) is 6.92 Å². The van der Waals surface area contributed by atoms with Crippen LogP contribution in [0.4, 0.5) is 17.6 Å². The molecule has 0 aromatic heterocycles. The van der Waals surface area contributed by atoms with E-state index in [1.165, 1.54) is 0 Å². The predicted octanol–water partition coefficient (Wildman–Crippen LogP) is 3.47. The molecular weight excluding hydrogens is 160 g/mol. The molecule has 0 amide bonds. The second-order valence-electron chi connectivity index (χ2n) is 2.51. The Balaban J connectivity index is 3.28. The molecule has 0 aliphatic heterocycles. The van der Waals surface area contributed by atoms with E-state index in [-0.39, 0.29) is 12.8 Å². The van der Waals surface area contributed by atoms with Crippen LogP contribution in [-0.4, -0.2) is 12.3 Å². The molecule has 0 saturated heterocycles.